The number of ether oxygens (including phenoxy) is 3. The minimum atomic E-state index is -1.23. The lowest BCUT2D eigenvalue weighted by Crippen LogP contribution is -2.37. The molecule has 0 spiro atoms. The van der Waals surface area contributed by atoms with Crippen LogP contribution in [0.1, 0.15) is 54.5 Å². The number of carbonyl (C=O) groups excluding carboxylic acids is 5. The van der Waals surface area contributed by atoms with E-state index in [9.17, 15) is 24.0 Å². The smallest absolute Gasteiger partial charge is 0.348 e. The molecule has 46 heavy (non-hydrogen) atoms. The molecule has 0 radical (unpaired) electrons. The summed E-state index contributed by atoms with van der Waals surface area (Å²) in [5.41, 5.74) is 1.79. The fourth-order valence-electron chi connectivity index (χ4n) is 5.62. The molecule has 4 aromatic rings. The van der Waals surface area contributed by atoms with Crippen LogP contribution in [0.15, 0.2) is 84.9 Å². The molecule has 1 aromatic heterocycles. The van der Waals surface area contributed by atoms with Crippen LogP contribution in [0, 0.1) is 12.8 Å². The van der Waals surface area contributed by atoms with Crippen LogP contribution in [0.2, 0.25) is 0 Å². The predicted molar refractivity (Wildman–Crippen MR) is 167 cm³/mol. The zero-order chi connectivity index (χ0) is 32.5. The number of nitrogens with zero attached hydrogens (tertiary/aromatic N) is 2. The van der Waals surface area contributed by atoms with Crippen LogP contribution in [-0.2, 0) is 23.9 Å². The molecule has 0 unspecified atom stereocenters. The molecule has 0 bridgehead atoms. The Labute approximate surface area is 267 Å². The van der Waals surface area contributed by atoms with Crippen molar-refractivity contribution >= 4 is 51.7 Å². The Morgan fingerprint density at radius 2 is 1.50 bits per heavy atom. The van der Waals surface area contributed by atoms with Crippen LogP contribution in [-0.4, -0.2) is 49.5 Å². The third-order valence-corrected chi connectivity index (χ3v) is 9.01. The maximum atomic E-state index is 14.3. The van der Waals surface area contributed by atoms with Gasteiger partial charge in [-0.3, -0.25) is 14.4 Å². The van der Waals surface area contributed by atoms with E-state index in [-0.39, 0.29) is 33.4 Å². The lowest BCUT2D eigenvalue weighted by atomic mass is 9.90. The Balaban J connectivity index is 1.37. The molecule has 0 aliphatic carbocycles. The first kappa shape index (κ1) is 30.7. The van der Waals surface area contributed by atoms with Crippen LogP contribution in [0.5, 0.6) is 5.75 Å². The quantitative estimate of drug-likeness (QED) is 0.142. The summed E-state index contributed by atoms with van der Waals surface area (Å²) in [6, 6.07) is 23.4. The van der Waals surface area contributed by atoms with Crippen molar-refractivity contribution in [3.05, 3.63) is 112 Å². The molecule has 2 aliphatic heterocycles. The maximum absolute atomic E-state index is 14.3. The molecular formula is C34H28N2O9S. The highest BCUT2D eigenvalue weighted by Crippen LogP contribution is 2.50. The van der Waals surface area contributed by atoms with Gasteiger partial charge in [-0.1, -0.05) is 48.5 Å². The molecule has 234 valence electrons. The zero-order valence-electron chi connectivity index (χ0n) is 25.0. The van der Waals surface area contributed by atoms with Gasteiger partial charge in [-0.25, -0.2) is 24.3 Å². The Kier molecular flexibility index (Phi) is 8.39. The van der Waals surface area contributed by atoms with Crippen LogP contribution >= 0.6 is 11.3 Å². The third kappa shape index (κ3) is 5.31. The van der Waals surface area contributed by atoms with Crippen molar-refractivity contribution in [1.29, 1.82) is 0 Å². The molecule has 11 nitrogen and oxygen atoms in total. The van der Waals surface area contributed by atoms with Crippen LogP contribution < -0.4 is 14.7 Å². The number of fused-ring (bicyclic) bond motifs is 1. The van der Waals surface area contributed by atoms with Gasteiger partial charge in [0.1, 0.15) is 21.5 Å². The van der Waals surface area contributed by atoms with Crippen molar-refractivity contribution in [2.45, 2.75) is 26.0 Å². The lowest BCUT2D eigenvalue weighted by molar-refractivity contribution is -0.126. The Bertz CT molecular complexity index is 1820. The van der Waals surface area contributed by atoms with Crippen molar-refractivity contribution in [2.24, 2.45) is 5.92 Å². The summed E-state index contributed by atoms with van der Waals surface area (Å²) in [7, 11) is 1.17. The number of esters is 3. The first-order valence-corrected chi connectivity index (χ1v) is 15.2. The van der Waals surface area contributed by atoms with Gasteiger partial charge in [0.2, 0.25) is 5.91 Å². The van der Waals surface area contributed by atoms with E-state index in [1.807, 2.05) is 6.07 Å². The second-order valence-electron chi connectivity index (χ2n) is 10.4. The van der Waals surface area contributed by atoms with Gasteiger partial charge in [-0.15, -0.1) is 11.3 Å². The fraction of sp³-hybridized carbons (Fsp3) is 0.206. The maximum Gasteiger partial charge on any atom is 0.348 e. The molecule has 3 aromatic carbocycles. The van der Waals surface area contributed by atoms with Gasteiger partial charge in [0, 0.05) is 0 Å². The summed E-state index contributed by atoms with van der Waals surface area (Å²) in [5.74, 6) is -4.04. The topological polar surface area (TPSA) is 129 Å². The first-order valence-electron chi connectivity index (χ1n) is 14.4. The molecule has 2 fully saturated rings. The summed E-state index contributed by atoms with van der Waals surface area (Å²) in [4.78, 5) is 73.7. The number of hydrogen-bond acceptors (Lipinski definition) is 11. The van der Waals surface area contributed by atoms with Gasteiger partial charge >= 0.3 is 17.9 Å². The van der Waals surface area contributed by atoms with E-state index >= 15 is 0 Å². The second kappa shape index (κ2) is 12.6. The number of carbonyl (C=O) groups is 5. The molecule has 3 heterocycles. The Morgan fingerprint density at radius 3 is 2.13 bits per heavy atom. The predicted octanol–water partition coefficient (Wildman–Crippen LogP) is 5.29. The van der Waals surface area contributed by atoms with Gasteiger partial charge in [0.05, 0.1) is 36.6 Å². The number of hydroxylamine groups is 1. The highest BCUT2D eigenvalue weighted by molar-refractivity contribution is 7.19. The number of thiophene rings is 1. The largest absolute Gasteiger partial charge is 0.465 e. The first-order chi connectivity index (χ1) is 22.2. The number of benzene rings is 3. The van der Waals surface area contributed by atoms with E-state index in [0.29, 0.717) is 16.8 Å². The number of anilines is 2. The van der Waals surface area contributed by atoms with E-state index in [1.165, 1.54) is 19.1 Å². The molecule has 2 amide bonds. The SMILES string of the molecule is CCOC(=O)c1sc(N2C(=O)[C@H]3[C@@H](c4ccc(OC(=O)c5ccccc5)cc4)N(c4ccccc4)O[C@H]3C2=O)c(C(=O)OC)c1C. The van der Waals surface area contributed by atoms with E-state index in [0.717, 1.165) is 16.2 Å². The normalized spacial score (nSPS) is 18.8. The second-order valence-corrected chi connectivity index (χ2v) is 11.4. The van der Waals surface area contributed by atoms with E-state index in [4.69, 9.17) is 19.0 Å². The molecule has 6 rings (SSSR count). The third-order valence-electron chi connectivity index (χ3n) is 7.75. The molecule has 0 N–H and O–H groups in total. The number of imide groups is 1. The van der Waals surface area contributed by atoms with Crippen LogP contribution in [0.3, 0.4) is 0 Å². The van der Waals surface area contributed by atoms with Gasteiger partial charge in [0.15, 0.2) is 6.10 Å². The fourth-order valence-corrected chi connectivity index (χ4v) is 6.82. The summed E-state index contributed by atoms with van der Waals surface area (Å²) in [6.07, 6.45) is -1.23. The van der Waals surface area contributed by atoms with Gasteiger partial charge in [0.25, 0.3) is 5.91 Å². The van der Waals surface area contributed by atoms with Gasteiger partial charge in [-0.05, 0) is 61.4 Å². The van der Waals surface area contributed by atoms with Crippen molar-refractivity contribution in [3.8, 4) is 5.75 Å². The molecule has 0 saturated carbocycles. The minimum absolute atomic E-state index is 0.0337. The molecule has 12 heteroatoms. The molecule has 3 atom stereocenters. The summed E-state index contributed by atoms with van der Waals surface area (Å²) < 4.78 is 15.6. The number of amides is 2. The van der Waals surface area contributed by atoms with E-state index in [2.05, 4.69) is 0 Å². The Hall–Kier alpha value is -5.33. The highest BCUT2D eigenvalue weighted by atomic mass is 32.1. The van der Waals surface area contributed by atoms with E-state index in [1.54, 1.807) is 85.8 Å². The number of hydrogen-bond donors (Lipinski definition) is 0. The average molecular weight is 641 g/mol. The van der Waals surface area contributed by atoms with E-state index < -0.39 is 47.8 Å². The summed E-state index contributed by atoms with van der Waals surface area (Å²) in [6.45, 7) is 3.28. The number of rotatable bonds is 8. The molecular weight excluding hydrogens is 612 g/mol. The standard InChI is InChI=1S/C34H28N2O9S/c1-4-43-34(41)28-19(2)24(33(40)42-3)31(46-28)35-29(37)25-26(36(45-27(25)30(35)38)22-13-9-6-10-14-22)20-15-17-23(18-16-20)44-32(39)21-11-7-5-8-12-21/h5-18,25-27H,4H2,1-3H3/t25-,26+,27+/m0/s1. The van der Waals surface area contributed by atoms with Crippen LogP contribution in [0.25, 0.3) is 0 Å². The van der Waals surface area contributed by atoms with Crippen LogP contribution in [0.4, 0.5) is 10.7 Å². The van der Waals surface area contributed by atoms with Gasteiger partial charge in [-0.2, -0.15) is 0 Å². The number of para-hydroxylation sites is 1. The summed E-state index contributed by atoms with van der Waals surface area (Å²) >= 11 is 0.813. The number of methoxy groups -OCH3 is 1. The van der Waals surface area contributed by atoms with Crippen molar-refractivity contribution in [2.75, 3.05) is 23.7 Å². The van der Waals surface area contributed by atoms with Crippen molar-refractivity contribution in [3.63, 3.8) is 0 Å². The molecule has 2 aliphatic rings. The zero-order valence-corrected chi connectivity index (χ0v) is 25.8. The summed E-state index contributed by atoms with van der Waals surface area (Å²) in [5, 5.41) is 1.49. The monoisotopic (exact) mass is 640 g/mol. The minimum Gasteiger partial charge on any atom is -0.465 e. The average Bonchev–Trinajstić information content (AvgIpc) is 3.71. The van der Waals surface area contributed by atoms with Crippen molar-refractivity contribution in [1.82, 2.24) is 0 Å². The Morgan fingerprint density at radius 1 is 0.848 bits per heavy atom. The molecule has 2 saturated heterocycles. The van der Waals surface area contributed by atoms with Crippen molar-refractivity contribution < 1.29 is 43.0 Å². The van der Waals surface area contributed by atoms with Gasteiger partial charge < -0.3 is 14.2 Å². The lowest BCUT2D eigenvalue weighted by Gasteiger charge is -2.28. The highest BCUT2D eigenvalue weighted by Gasteiger charge is 2.61.